The molecule has 7 nitrogen and oxygen atoms in total. The number of aliphatic carboxylic acids is 1. The van der Waals surface area contributed by atoms with Crippen LogP contribution in [-0.4, -0.2) is 29.3 Å². The summed E-state index contributed by atoms with van der Waals surface area (Å²) < 4.78 is 25.0. The van der Waals surface area contributed by atoms with Crippen LogP contribution in [0, 0.1) is 0 Å². The second kappa shape index (κ2) is 6.85. The molecule has 0 radical (unpaired) electrons. The van der Waals surface area contributed by atoms with Crippen molar-refractivity contribution in [3.8, 4) is 0 Å². The lowest BCUT2D eigenvalue weighted by molar-refractivity contribution is -0.137. The molecule has 0 fully saturated rings. The third-order valence-electron chi connectivity index (χ3n) is 3.04. The van der Waals surface area contributed by atoms with Crippen molar-refractivity contribution in [3.63, 3.8) is 0 Å². The Balaban J connectivity index is 2.97. The number of nitrogens with two attached hydrogens (primary N) is 1. The molecule has 1 heterocycles. The van der Waals surface area contributed by atoms with E-state index in [0.29, 0.717) is 43.6 Å². The van der Waals surface area contributed by atoms with E-state index in [1.807, 2.05) is 13.8 Å². The molecule has 0 bridgehead atoms. The normalized spacial score (nSPS) is 11.8. The van der Waals surface area contributed by atoms with Crippen LogP contribution in [0.4, 0.5) is 0 Å². The first-order chi connectivity index (χ1) is 9.31. The highest BCUT2D eigenvalue weighted by molar-refractivity contribution is 7.89. The maximum atomic E-state index is 11.7. The summed E-state index contributed by atoms with van der Waals surface area (Å²) in [5.41, 5.74) is 1.07. The van der Waals surface area contributed by atoms with E-state index >= 15 is 0 Å². The summed E-state index contributed by atoms with van der Waals surface area (Å²) >= 11 is 0. The number of carboxylic acid groups (broad SMARTS) is 1. The molecule has 20 heavy (non-hydrogen) atoms. The lowest BCUT2D eigenvalue weighted by Crippen LogP contribution is -2.16. The minimum absolute atomic E-state index is 0.103. The monoisotopic (exact) mass is 303 g/mol. The minimum atomic E-state index is -3.79. The van der Waals surface area contributed by atoms with Gasteiger partial charge in [0.1, 0.15) is 4.90 Å². The topological polar surface area (TPSA) is 115 Å². The van der Waals surface area contributed by atoms with Crippen LogP contribution >= 0.6 is 0 Å². The summed E-state index contributed by atoms with van der Waals surface area (Å²) in [6.45, 7) is 4.17. The predicted molar refractivity (Wildman–Crippen MR) is 73.8 cm³/mol. The first kappa shape index (κ1) is 16.6. The molecule has 1 aromatic rings. The SMILES string of the molecule is CCc1nn(CCCCC(=O)O)c(CC)c1S(N)(=O)=O. The number of carbonyl (C=O) groups is 1. The number of aromatic nitrogens is 2. The van der Waals surface area contributed by atoms with Gasteiger partial charge in [-0.1, -0.05) is 13.8 Å². The molecule has 0 amide bonds. The predicted octanol–water partition coefficient (Wildman–Crippen LogP) is 0.910. The molecule has 0 saturated heterocycles. The van der Waals surface area contributed by atoms with Crippen LogP contribution in [0.1, 0.15) is 44.5 Å². The molecule has 114 valence electrons. The summed E-state index contributed by atoms with van der Waals surface area (Å²) in [5.74, 6) is -0.833. The van der Waals surface area contributed by atoms with Gasteiger partial charge < -0.3 is 5.11 Å². The Kier molecular flexibility index (Phi) is 5.70. The Morgan fingerprint density at radius 3 is 2.40 bits per heavy atom. The van der Waals surface area contributed by atoms with Crippen molar-refractivity contribution in [2.24, 2.45) is 5.14 Å². The number of carboxylic acids is 1. The van der Waals surface area contributed by atoms with Gasteiger partial charge in [-0.15, -0.1) is 0 Å². The molecular formula is C12H21N3O4S. The highest BCUT2D eigenvalue weighted by Crippen LogP contribution is 2.21. The van der Waals surface area contributed by atoms with Crippen molar-refractivity contribution in [2.45, 2.75) is 57.4 Å². The van der Waals surface area contributed by atoms with E-state index in [4.69, 9.17) is 10.2 Å². The molecule has 0 spiro atoms. The number of primary sulfonamides is 1. The summed E-state index contributed by atoms with van der Waals surface area (Å²) in [5, 5.41) is 18.1. The lowest BCUT2D eigenvalue weighted by Gasteiger charge is -2.06. The number of sulfonamides is 1. The molecule has 1 aromatic heterocycles. The van der Waals surface area contributed by atoms with Gasteiger partial charge in [-0.25, -0.2) is 13.6 Å². The first-order valence-electron chi connectivity index (χ1n) is 6.64. The molecule has 3 N–H and O–H groups in total. The number of unbranched alkanes of at least 4 members (excludes halogenated alkanes) is 1. The standard InChI is InChI=1S/C12H21N3O4S/c1-3-9-12(20(13,18)19)10(4-2)15(14-9)8-6-5-7-11(16)17/h3-8H2,1-2H3,(H,16,17)(H2,13,18,19). The highest BCUT2D eigenvalue weighted by Gasteiger charge is 2.23. The average Bonchev–Trinajstić information content (AvgIpc) is 2.72. The van der Waals surface area contributed by atoms with Gasteiger partial charge in [-0.2, -0.15) is 5.10 Å². The zero-order valence-corrected chi connectivity index (χ0v) is 12.6. The van der Waals surface area contributed by atoms with E-state index in [1.54, 1.807) is 4.68 Å². The van der Waals surface area contributed by atoms with Crippen LogP contribution in [0.5, 0.6) is 0 Å². The summed E-state index contributed by atoms with van der Waals surface area (Å²) in [6, 6.07) is 0. The van der Waals surface area contributed by atoms with Crippen LogP contribution in [0.25, 0.3) is 0 Å². The van der Waals surface area contributed by atoms with Crippen LogP contribution in [0.3, 0.4) is 0 Å². The Labute approximate surface area is 118 Å². The van der Waals surface area contributed by atoms with Crippen molar-refractivity contribution < 1.29 is 18.3 Å². The van der Waals surface area contributed by atoms with Gasteiger partial charge >= 0.3 is 5.97 Å². The van der Waals surface area contributed by atoms with E-state index in [2.05, 4.69) is 5.10 Å². The van der Waals surface area contributed by atoms with Crippen LogP contribution in [-0.2, 0) is 34.2 Å². The minimum Gasteiger partial charge on any atom is -0.481 e. The third-order valence-corrected chi connectivity index (χ3v) is 4.08. The van der Waals surface area contributed by atoms with Crippen molar-refractivity contribution in [3.05, 3.63) is 11.4 Å². The average molecular weight is 303 g/mol. The van der Waals surface area contributed by atoms with Crippen LogP contribution in [0.2, 0.25) is 0 Å². The molecular weight excluding hydrogens is 282 g/mol. The van der Waals surface area contributed by atoms with Gasteiger partial charge in [-0.05, 0) is 25.7 Å². The van der Waals surface area contributed by atoms with E-state index in [9.17, 15) is 13.2 Å². The van der Waals surface area contributed by atoms with Gasteiger partial charge in [0, 0.05) is 13.0 Å². The van der Waals surface area contributed by atoms with E-state index in [0.717, 1.165) is 0 Å². The fourth-order valence-electron chi connectivity index (χ4n) is 2.16. The number of nitrogens with zero attached hydrogens (tertiary/aromatic N) is 2. The summed E-state index contributed by atoms with van der Waals surface area (Å²) in [6.07, 6.45) is 2.27. The Morgan fingerprint density at radius 2 is 1.95 bits per heavy atom. The van der Waals surface area contributed by atoms with Gasteiger partial charge in [0.25, 0.3) is 0 Å². The molecule has 8 heteroatoms. The first-order valence-corrected chi connectivity index (χ1v) is 8.19. The fourth-order valence-corrected chi connectivity index (χ4v) is 3.25. The summed E-state index contributed by atoms with van der Waals surface area (Å²) in [4.78, 5) is 10.6. The largest absolute Gasteiger partial charge is 0.481 e. The highest BCUT2D eigenvalue weighted by atomic mass is 32.2. The van der Waals surface area contributed by atoms with E-state index in [1.165, 1.54) is 0 Å². The quantitative estimate of drug-likeness (QED) is 0.693. The van der Waals surface area contributed by atoms with E-state index in [-0.39, 0.29) is 11.3 Å². The van der Waals surface area contributed by atoms with Crippen molar-refractivity contribution in [1.82, 2.24) is 9.78 Å². The number of aryl methyl sites for hydroxylation is 2. The van der Waals surface area contributed by atoms with Crippen molar-refractivity contribution >= 4 is 16.0 Å². The second-order valence-corrected chi connectivity index (χ2v) is 6.05. The summed E-state index contributed by atoms with van der Waals surface area (Å²) in [7, 11) is -3.79. The van der Waals surface area contributed by atoms with Gasteiger partial charge in [0.2, 0.25) is 10.0 Å². The molecule has 1 rings (SSSR count). The molecule has 0 aliphatic rings. The maximum Gasteiger partial charge on any atom is 0.303 e. The molecule has 0 unspecified atom stereocenters. The van der Waals surface area contributed by atoms with Gasteiger partial charge in [0.15, 0.2) is 0 Å². The molecule has 0 aliphatic heterocycles. The van der Waals surface area contributed by atoms with Crippen molar-refractivity contribution in [1.29, 1.82) is 0 Å². The van der Waals surface area contributed by atoms with Gasteiger partial charge in [-0.3, -0.25) is 9.48 Å². The van der Waals surface area contributed by atoms with Crippen molar-refractivity contribution in [2.75, 3.05) is 0 Å². The molecule has 0 atom stereocenters. The second-order valence-electron chi connectivity index (χ2n) is 4.55. The Morgan fingerprint density at radius 1 is 1.30 bits per heavy atom. The number of hydrogen-bond donors (Lipinski definition) is 2. The Hall–Kier alpha value is -1.41. The number of hydrogen-bond acceptors (Lipinski definition) is 4. The molecule has 0 aliphatic carbocycles. The maximum absolute atomic E-state index is 11.7. The molecule has 0 aromatic carbocycles. The molecule has 0 saturated carbocycles. The fraction of sp³-hybridized carbons (Fsp3) is 0.667. The zero-order chi connectivity index (χ0) is 15.3. The number of rotatable bonds is 8. The Bertz CT molecular complexity index is 578. The third kappa shape index (κ3) is 4.04. The van der Waals surface area contributed by atoms with Crippen LogP contribution in [0.15, 0.2) is 4.90 Å². The lowest BCUT2D eigenvalue weighted by atomic mass is 10.2. The van der Waals surface area contributed by atoms with Gasteiger partial charge in [0.05, 0.1) is 11.4 Å². The van der Waals surface area contributed by atoms with Crippen LogP contribution < -0.4 is 5.14 Å². The van der Waals surface area contributed by atoms with E-state index < -0.39 is 16.0 Å². The zero-order valence-electron chi connectivity index (χ0n) is 11.8. The smallest absolute Gasteiger partial charge is 0.303 e.